The topological polar surface area (TPSA) is 34.1 Å². The van der Waals surface area contributed by atoms with E-state index in [1.54, 1.807) is 0 Å². The minimum atomic E-state index is 0.110. The molecule has 0 radical (unpaired) electrons. The highest BCUT2D eigenvalue weighted by Crippen LogP contribution is 2.49. The molecule has 3 aliphatic rings. The van der Waals surface area contributed by atoms with Crippen LogP contribution in [0, 0.1) is 0 Å². The van der Waals surface area contributed by atoms with Gasteiger partial charge in [-0.2, -0.15) is 0 Å². The summed E-state index contributed by atoms with van der Waals surface area (Å²) in [5, 5.41) is 3.88. The molecule has 1 spiro atoms. The average Bonchev–Trinajstić information content (AvgIpc) is 3.35. The number of hydrogen-bond donors (Lipinski definition) is 1. The summed E-state index contributed by atoms with van der Waals surface area (Å²) in [6.07, 6.45) is 12.8. The van der Waals surface area contributed by atoms with Crippen LogP contribution in [0.3, 0.4) is 0 Å². The van der Waals surface area contributed by atoms with Gasteiger partial charge in [0.1, 0.15) is 0 Å². The highest BCUT2D eigenvalue weighted by atomic mass is 16.5. The van der Waals surface area contributed by atoms with E-state index in [1.807, 2.05) is 12.3 Å². The van der Waals surface area contributed by atoms with E-state index in [2.05, 4.69) is 41.7 Å². The van der Waals surface area contributed by atoms with Crippen LogP contribution >= 0.6 is 0 Å². The summed E-state index contributed by atoms with van der Waals surface area (Å²) in [6.45, 7) is 1.94. The Balaban J connectivity index is 1.29. The first kappa shape index (κ1) is 18.3. The van der Waals surface area contributed by atoms with Crippen LogP contribution in [0.2, 0.25) is 0 Å². The molecular formula is C25H32N2O. The largest absolute Gasteiger partial charge is 0.375 e. The van der Waals surface area contributed by atoms with Crippen LogP contribution in [-0.4, -0.2) is 29.8 Å². The minimum absolute atomic E-state index is 0.110. The molecule has 0 bridgehead atoms. The second-order valence-electron chi connectivity index (χ2n) is 9.24. The van der Waals surface area contributed by atoms with Crippen LogP contribution in [0.15, 0.2) is 48.7 Å². The van der Waals surface area contributed by atoms with Crippen molar-refractivity contribution in [1.29, 1.82) is 0 Å². The fourth-order valence-corrected chi connectivity index (χ4v) is 6.01. The predicted molar refractivity (Wildman–Crippen MR) is 113 cm³/mol. The van der Waals surface area contributed by atoms with Crippen molar-refractivity contribution < 1.29 is 4.74 Å². The maximum Gasteiger partial charge on any atom is 0.0691 e. The van der Waals surface area contributed by atoms with Crippen molar-refractivity contribution in [2.75, 3.05) is 13.2 Å². The molecule has 1 aliphatic heterocycles. The number of benzene rings is 1. The number of nitrogens with zero attached hydrogens (tertiary/aromatic N) is 1. The third-order valence-electron chi connectivity index (χ3n) is 7.46. The van der Waals surface area contributed by atoms with Crippen molar-refractivity contribution in [3.63, 3.8) is 0 Å². The number of nitrogens with one attached hydrogen (secondary N) is 1. The minimum Gasteiger partial charge on any atom is -0.375 e. The van der Waals surface area contributed by atoms with Crippen molar-refractivity contribution in [3.8, 4) is 0 Å². The van der Waals surface area contributed by atoms with E-state index in [9.17, 15) is 0 Å². The Morgan fingerprint density at radius 1 is 0.964 bits per heavy atom. The molecule has 0 unspecified atom stereocenters. The first-order valence-electron chi connectivity index (χ1n) is 11.1. The van der Waals surface area contributed by atoms with E-state index in [1.165, 1.54) is 55.3 Å². The normalized spacial score (nSPS) is 26.6. The molecule has 1 N–H and O–H groups in total. The van der Waals surface area contributed by atoms with E-state index in [0.29, 0.717) is 6.04 Å². The molecule has 3 nitrogen and oxygen atoms in total. The lowest BCUT2D eigenvalue weighted by atomic mass is 9.68. The summed E-state index contributed by atoms with van der Waals surface area (Å²) in [7, 11) is 0. The maximum atomic E-state index is 6.38. The summed E-state index contributed by atoms with van der Waals surface area (Å²) in [5.41, 5.74) is 4.59. The fourth-order valence-electron chi connectivity index (χ4n) is 6.01. The smallest absolute Gasteiger partial charge is 0.0691 e. The maximum absolute atomic E-state index is 6.38. The molecule has 2 heterocycles. The van der Waals surface area contributed by atoms with E-state index < -0.39 is 0 Å². The molecule has 1 saturated carbocycles. The van der Waals surface area contributed by atoms with Crippen LogP contribution in [0.25, 0.3) is 0 Å². The molecule has 148 valence electrons. The zero-order chi connectivity index (χ0) is 18.9. The molecule has 1 atom stereocenters. The van der Waals surface area contributed by atoms with Gasteiger partial charge < -0.3 is 10.1 Å². The van der Waals surface area contributed by atoms with Gasteiger partial charge in [-0.3, -0.25) is 4.98 Å². The first-order valence-corrected chi connectivity index (χ1v) is 11.1. The lowest BCUT2D eigenvalue weighted by molar-refractivity contribution is -0.104. The highest BCUT2D eigenvalue weighted by Gasteiger charge is 2.48. The standard InChI is InChI=1S/C25H32N2O/c1-2-8-21-18-22(17-20(21)7-1)26-15-12-24(23-9-3-6-14-27-23)13-16-28-25(19-24)10-4-5-11-25/h1-3,6-9,14,22,26H,4-5,10-13,15-19H2/t24-/m1/s1. The number of ether oxygens (including phenoxy) is 1. The van der Waals surface area contributed by atoms with Crippen LogP contribution < -0.4 is 5.32 Å². The SMILES string of the molecule is c1ccc([C@]2(CCNC3Cc4ccccc4C3)CCOC3(CCCC3)C2)nc1. The Kier molecular flexibility index (Phi) is 4.98. The molecule has 1 aromatic heterocycles. The average molecular weight is 377 g/mol. The number of hydrogen-bond acceptors (Lipinski definition) is 3. The lowest BCUT2D eigenvalue weighted by Crippen LogP contribution is -2.48. The Morgan fingerprint density at radius 2 is 1.71 bits per heavy atom. The summed E-state index contributed by atoms with van der Waals surface area (Å²) in [5.74, 6) is 0. The number of aromatic nitrogens is 1. The molecule has 1 aromatic carbocycles. The molecular weight excluding hydrogens is 344 g/mol. The van der Waals surface area contributed by atoms with Crippen molar-refractivity contribution in [2.45, 2.75) is 74.8 Å². The molecule has 2 fully saturated rings. The van der Waals surface area contributed by atoms with Crippen molar-refractivity contribution in [1.82, 2.24) is 10.3 Å². The van der Waals surface area contributed by atoms with Gasteiger partial charge in [0, 0.05) is 30.0 Å². The highest BCUT2D eigenvalue weighted by molar-refractivity contribution is 5.33. The third kappa shape index (κ3) is 3.51. The van der Waals surface area contributed by atoms with Gasteiger partial charge in [-0.25, -0.2) is 0 Å². The van der Waals surface area contributed by atoms with Crippen LogP contribution in [-0.2, 0) is 23.0 Å². The van der Waals surface area contributed by atoms with E-state index in [0.717, 1.165) is 32.4 Å². The zero-order valence-electron chi connectivity index (χ0n) is 16.8. The second-order valence-corrected chi connectivity index (χ2v) is 9.24. The summed E-state index contributed by atoms with van der Waals surface area (Å²) in [6, 6.07) is 15.9. The molecule has 0 amide bonds. The third-order valence-corrected chi connectivity index (χ3v) is 7.46. The van der Waals surface area contributed by atoms with Gasteiger partial charge in [-0.05, 0) is 74.8 Å². The van der Waals surface area contributed by atoms with Gasteiger partial charge in [0.15, 0.2) is 0 Å². The van der Waals surface area contributed by atoms with Gasteiger partial charge in [0.2, 0.25) is 0 Å². The Morgan fingerprint density at radius 3 is 2.43 bits per heavy atom. The lowest BCUT2D eigenvalue weighted by Gasteiger charge is -2.46. The Bertz CT molecular complexity index is 774. The van der Waals surface area contributed by atoms with Crippen LogP contribution in [0.4, 0.5) is 0 Å². The van der Waals surface area contributed by atoms with Crippen molar-refractivity contribution >= 4 is 0 Å². The van der Waals surface area contributed by atoms with E-state index >= 15 is 0 Å². The number of rotatable bonds is 5. The number of pyridine rings is 1. The molecule has 5 rings (SSSR count). The molecule has 3 heteroatoms. The molecule has 28 heavy (non-hydrogen) atoms. The van der Waals surface area contributed by atoms with Gasteiger partial charge in [0.25, 0.3) is 0 Å². The van der Waals surface area contributed by atoms with Crippen LogP contribution in [0.1, 0.15) is 61.8 Å². The van der Waals surface area contributed by atoms with Gasteiger partial charge in [-0.1, -0.05) is 43.2 Å². The van der Waals surface area contributed by atoms with Crippen molar-refractivity contribution in [2.24, 2.45) is 0 Å². The van der Waals surface area contributed by atoms with Crippen molar-refractivity contribution in [3.05, 3.63) is 65.5 Å². The fraction of sp³-hybridized carbons (Fsp3) is 0.560. The molecule has 2 aromatic rings. The summed E-state index contributed by atoms with van der Waals surface area (Å²) >= 11 is 0. The Labute approximate surface area is 168 Å². The van der Waals surface area contributed by atoms with E-state index in [-0.39, 0.29) is 11.0 Å². The van der Waals surface area contributed by atoms with Crippen LogP contribution in [0.5, 0.6) is 0 Å². The zero-order valence-corrected chi connectivity index (χ0v) is 16.8. The quantitative estimate of drug-likeness (QED) is 0.829. The van der Waals surface area contributed by atoms with Gasteiger partial charge >= 0.3 is 0 Å². The number of fused-ring (bicyclic) bond motifs is 1. The summed E-state index contributed by atoms with van der Waals surface area (Å²) in [4.78, 5) is 4.83. The molecule has 2 aliphatic carbocycles. The van der Waals surface area contributed by atoms with Gasteiger partial charge in [-0.15, -0.1) is 0 Å². The second kappa shape index (κ2) is 7.61. The monoisotopic (exact) mass is 376 g/mol. The summed E-state index contributed by atoms with van der Waals surface area (Å²) < 4.78 is 6.38. The first-order chi connectivity index (χ1) is 13.8. The van der Waals surface area contributed by atoms with Gasteiger partial charge in [0.05, 0.1) is 5.60 Å². The predicted octanol–water partition coefficient (Wildman–Crippen LogP) is 4.59. The Hall–Kier alpha value is -1.71. The van der Waals surface area contributed by atoms with E-state index in [4.69, 9.17) is 9.72 Å². The molecule has 1 saturated heterocycles.